The van der Waals surface area contributed by atoms with Crippen molar-refractivity contribution in [2.75, 3.05) is 6.61 Å². The minimum Gasteiger partial charge on any atom is -0.464 e. The van der Waals surface area contributed by atoms with Crippen molar-refractivity contribution < 1.29 is 19.4 Å². The van der Waals surface area contributed by atoms with Crippen LogP contribution in [-0.4, -0.2) is 30.1 Å². The summed E-state index contributed by atoms with van der Waals surface area (Å²) in [5, 5.41) is 12.7. The van der Waals surface area contributed by atoms with E-state index >= 15 is 0 Å². The molecule has 0 aliphatic carbocycles. The molecule has 0 aliphatic heterocycles. The summed E-state index contributed by atoms with van der Waals surface area (Å²) in [5.74, 6) is -0.648. The van der Waals surface area contributed by atoms with Gasteiger partial charge in [-0.15, -0.1) is 0 Å². The van der Waals surface area contributed by atoms with Gasteiger partial charge in [-0.05, 0) is 49.9 Å². The lowest BCUT2D eigenvalue weighted by atomic mass is 9.93. The fourth-order valence-corrected chi connectivity index (χ4v) is 2.07. The molecule has 2 N–H and O–H groups in total. The van der Waals surface area contributed by atoms with E-state index in [1.807, 2.05) is 32.9 Å². The van der Waals surface area contributed by atoms with E-state index in [4.69, 9.17) is 4.74 Å². The number of hydrogen-bond acceptors (Lipinski definition) is 4. The van der Waals surface area contributed by atoms with Crippen molar-refractivity contribution >= 4 is 12.4 Å². The third kappa shape index (κ3) is 3.57. The standard InChI is InChI=1S/C15H21NO4/c1-5-20-15(19)13(16-8-17)14(18)12-7-10(3)9(2)6-11(12)4/h6-8,13-14,18H,5H2,1-4H3,(H,16,17). The average Bonchev–Trinajstić information content (AvgIpc) is 2.39. The maximum absolute atomic E-state index is 11.8. The molecule has 1 aromatic carbocycles. The van der Waals surface area contributed by atoms with Crippen LogP contribution in [0.15, 0.2) is 12.1 Å². The SMILES string of the molecule is CCOC(=O)C(NC=O)C(O)c1cc(C)c(C)cc1C. The van der Waals surface area contributed by atoms with Gasteiger partial charge in [0.2, 0.25) is 6.41 Å². The van der Waals surface area contributed by atoms with E-state index < -0.39 is 18.1 Å². The van der Waals surface area contributed by atoms with Crippen LogP contribution in [0.5, 0.6) is 0 Å². The largest absolute Gasteiger partial charge is 0.464 e. The maximum Gasteiger partial charge on any atom is 0.331 e. The Hall–Kier alpha value is -1.88. The summed E-state index contributed by atoms with van der Waals surface area (Å²) in [6.07, 6.45) is -0.750. The van der Waals surface area contributed by atoms with Gasteiger partial charge in [0.15, 0.2) is 6.04 Å². The van der Waals surface area contributed by atoms with Gasteiger partial charge in [-0.25, -0.2) is 4.79 Å². The second-order valence-electron chi connectivity index (χ2n) is 4.75. The van der Waals surface area contributed by atoms with E-state index in [1.54, 1.807) is 6.92 Å². The first-order valence-corrected chi connectivity index (χ1v) is 6.54. The predicted octanol–water partition coefficient (Wildman–Crippen LogP) is 1.32. The molecule has 0 heterocycles. The number of esters is 1. The molecule has 1 rings (SSSR count). The van der Waals surface area contributed by atoms with Gasteiger partial charge < -0.3 is 15.2 Å². The average molecular weight is 279 g/mol. The van der Waals surface area contributed by atoms with Gasteiger partial charge in [-0.2, -0.15) is 0 Å². The molecular formula is C15H21NO4. The number of amides is 1. The van der Waals surface area contributed by atoms with Crippen LogP contribution in [0.3, 0.4) is 0 Å². The Morgan fingerprint density at radius 3 is 2.45 bits per heavy atom. The quantitative estimate of drug-likeness (QED) is 0.608. The van der Waals surface area contributed by atoms with Crippen LogP contribution in [0.25, 0.3) is 0 Å². The van der Waals surface area contributed by atoms with Gasteiger partial charge in [0.1, 0.15) is 6.10 Å². The van der Waals surface area contributed by atoms with Crippen LogP contribution < -0.4 is 5.32 Å². The molecule has 2 unspecified atom stereocenters. The molecule has 0 aliphatic rings. The van der Waals surface area contributed by atoms with Crippen LogP contribution in [0.1, 0.15) is 35.3 Å². The number of benzene rings is 1. The summed E-state index contributed by atoms with van der Waals surface area (Å²) in [5.41, 5.74) is 3.59. The van der Waals surface area contributed by atoms with Crippen molar-refractivity contribution in [3.8, 4) is 0 Å². The highest BCUT2D eigenvalue weighted by atomic mass is 16.5. The topological polar surface area (TPSA) is 75.6 Å². The van der Waals surface area contributed by atoms with E-state index in [9.17, 15) is 14.7 Å². The molecule has 0 saturated carbocycles. The summed E-state index contributed by atoms with van der Waals surface area (Å²) in [6.45, 7) is 7.62. The molecular weight excluding hydrogens is 258 g/mol. The Morgan fingerprint density at radius 2 is 1.90 bits per heavy atom. The second-order valence-corrected chi connectivity index (χ2v) is 4.75. The van der Waals surface area contributed by atoms with E-state index in [1.165, 1.54) is 0 Å². The minimum absolute atomic E-state index is 0.189. The third-order valence-corrected chi connectivity index (χ3v) is 3.30. The molecule has 2 atom stereocenters. The van der Waals surface area contributed by atoms with Gasteiger partial charge in [-0.1, -0.05) is 12.1 Å². The number of aryl methyl sites for hydroxylation is 3. The molecule has 5 nitrogen and oxygen atoms in total. The lowest BCUT2D eigenvalue weighted by Crippen LogP contribution is -2.42. The summed E-state index contributed by atoms with van der Waals surface area (Å²) in [6, 6.07) is 2.67. The highest BCUT2D eigenvalue weighted by molar-refractivity contribution is 5.79. The van der Waals surface area contributed by atoms with E-state index in [-0.39, 0.29) is 6.61 Å². The van der Waals surface area contributed by atoms with Crippen LogP contribution in [-0.2, 0) is 14.3 Å². The number of aliphatic hydroxyl groups is 1. The van der Waals surface area contributed by atoms with Gasteiger partial charge in [0.25, 0.3) is 0 Å². The Labute approximate surface area is 118 Å². The van der Waals surface area contributed by atoms with Crippen molar-refractivity contribution in [3.05, 3.63) is 34.4 Å². The van der Waals surface area contributed by atoms with E-state index in [0.29, 0.717) is 12.0 Å². The molecule has 0 fully saturated rings. The Bertz CT molecular complexity index is 499. The molecule has 1 aromatic rings. The van der Waals surface area contributed by atoms with Crippen molar-refractivity contribution in [3.63, 3.8) is 0 Å². The van der Waals surface area contributed by atoms with Crippen molar-refractivity contribution in [2.45, 2.75) is 39.8 Å². The monoisotopic (exact) mass is 279 g/mol. The predicted molar refractivity (Wildman–Crippen MR) is 75.2 cm³/mol. The molecule has 0 aromatic heterocycles. The Kier molecular flexibility index (Phi) is 5.70. The summed E-state index contributed by atoms with van der Waals surface area (Å²) in [4.78, 5) is 22.4. The van der Waals surface area contributed by atoms with Gasteiger partial charge in [-0.3, -0.25) is 4.79 Å². The van der Waals surface area contributed by atoms with Crippen LogP contribution in [0, 0.1) is 20.8 Å². The van der Waals surface area contributed by atoms with Crippen LogP contribution in [0.2, 0.25) is 0 Å². The first-order chi connectivity index (χ1) is 9.42. The fourth-order valence-electron chi connectivity index (χ4n) is 2.07. The summed E-state index contributed by atoms with van der Waals surface area (Å²) in [7, 11) is 0. The van der Waals surface area contributed by atoms with Gasteiger partial charge in [0, 0.05) is 0 Å². The van der Waals surface area contributed by atoms with E-state index in [2.05, 4.69) is 5.32 Å². The zero-order chi connectivity index (χ0) is 15.3. The smallest absolute Gasteiger partial charge is 0.331 e. The molecule has 0 spiro atoms. The van der Waals surface area contributed by atoms with Gasteiger partial charge >= 0.3 is 5.97 Å². The second kappa shape index (κ2) is 7.05. The molecule has 110 valence electrons. The first-order valence-electron chi connectivity index (χ1n) is 6.54. The minimum atomic E-state index is -1.14. The molecule has 0 saturated heterocycles. The van der Waals surface area contributed by atoms with Crippen LogP contribution >= 0.6 is 0 Å². The number of aliphatic hydroxyl groups excluding tert-OH is 1. The lowest BCUT2D eigenvalue weighted by molar-refractivity contribution is -0.149. The molecule has 5 heteroatoms. The van der Waals surface area contributed by atoms with E-state index in [0.717, 1.165) is 16.7 Å². The van der Waals surface area contributed by atoms with Gasteiger partial charge in [0.05, 0.1) is 6.61 Å². The highest BCUT2D eigenvalue weighted by Gasteiger charge is 2.30. The maximum atomic E-state index is 11.8. The highest BCUT2D eigenvalue weighted by Crippen LogP contribution is 2.24. The number of nitrogens with one attached hydrogen (secondary N) is 1. The van der Waals surface area contributed by atoms with Crippen LogP contribution in [0.4, 0.5) is 0 Å². The number of carbonyl (C=O) groups is 2. The number of hydrogen-bond donors (Lipinski definition) is 2. The van der Waals surface area contributed by atoms with Crippen molar-refractivity contribution in [1.82, 2.24) is 5.32 Å². The third-order valence-electron chi connectivity index (χ3n) is 3.30. The molecule has 20 heavy (non-hydrogen) atoms. The molecule has 0 radical (unpaired) electrons. The zero-order valence-corrected chi connectivity index (χ0v) is 12.3. The number of carbonyl (C=O) groups excluding carboxylic acids is 2. The lowest BCUT2D eigenvalue weighted by Gasteiger charge is -2.23. The summed E-state index contributed by atoms with van der Waals surface area (Å²) < 4.78 is 4.87. The molecule has 1 amide bonds. The fraction of sp³-hybridized carbons (Fsp3) is 0.467. The molecule has 0 bridgehead atoms. The van der Waals surface area contributed by atoms with Crippen molar-refractivity contribution in [1.29, 1.82) is 0 Å². The summed E-state index contributed by atoms with van der Waals surface area (Å²) >= 11 is 0. The first kappa shape index (κ1) is 16.2. The normalized spacial score (nSPS) is 13.4. The Balaban J connectivity index is 3.11. The Morgan fingerprint density at radius 1 is 1.30 bits per heavy atom. The number of ether oxygens (including phenoxy) is 1. The van der Waals surface area contributed by atoms with Crippen molar-refractivity contribution in [2.24, 2.45) is 0 Å². The zero-order valence-electron chi connectivity index (χ0n) is 12.3. The number of rotatable bonds is 6.